The van der Waals surface area contributed by atoms with Crippen LogP contribution < -0.4 is 0 Å². The summed E-state index contributed by atoms with van der Waals surface area (Å²) in [6.07, 6.45) is 0. The first kappa shape index (κ1) is 20.2. The molecule has 0 spiro atoms. The molecule has 152 valence electrons. The van der Waals surface area contributed by atoms with Crippen LogP contribution in [0.5, 0.6) is 0 Å². The van der Waals surface area contributed by atoms with E-state index in [-0.39, 0.29) is 19.0 Å². The lowest BCUT2D eigenvalue weighted by Gasteiger charge is -2.33. The molecular weight excluding hydrogens is 426 g/mol. The van der Waals surface area contributed by atoms with Gasteiger partial charge in [-0.25, -0.2) is 13.4 Å². The summed E-state index contributed by atoms with van der Waals surface area (Å²) in [5.41, 5.74) is 3.44. The zero-order valence-corrected chi connectivity index (χ0v) is 18.6. The molecule has 1 amide bonds. The molecule has 9 heteroatoms. The molecule has 0 radical (unpaired) electrons. The van der Waals surface area contributed by atoms with E-state index in [1.54, 1.807) is 33.7 Å². The maximum absolute atomic E-state index is 12.9. The number of hydrogen-bond acceptors (Lipinski definition) is 6. The van der Waals surface area contributed by atoms with Gasteiger partial charge in [-0.1, -0.05) is 6.07 Å². The molecule has 0 aliphatic carbocycles. The fourth-order valence-electron chi connectivity index (χ4n) is 3.21. The van der Waals surface area contributed by atoms with Gasteiger partial charge in [0, 0.05) is 42.5 Å². The summed E-state index contributed by atoms with van der Waals surface area (Å²) >= 11 is 3.04. The van der Waals surface area contributed by atoms with Gasteiger partial charge in [-0.05, 0) is 48.6 Å². The third-order valence-electron chi connectivity index (χ3n) is 5.13. The van der Waals surface area contributed by atoms with Crippen molar-refractivity contribution in [3.05, 3.63) is 57.2 Å². The average Bonchev–Trinajstić information content (AvgIpc) is 3.41. The Bertz CT molecular complexity index is 1130. The van der Waals surface area contributed by atoms with Crippen molar-refractivity contribution in [3.8, 4) is 10.6 Å². The number of carbonyl (C=O) groups is 1. The van der Waals surface area contributed by atoms with Crippen LogP contribution in [0.15, 0.2) is 45.3 Å². The Morgan fingerprint density at radius 1 is 1.03 bits per heavy atom. The van der Waals surface area contributed by atoms with Gasteiger partial charge in [0.15, 0.2) is 0 Å². The molecule has 3 heterocycles. The molecule has 2 aromatic heterocycles. The lowest BCUT2D eigenvalue weighted by molar-refractivity contribution is 0.0693. The molecule has 4 rings (SSSR count). The summed E-state index contributed by atoms with van der Waals surface area (Å²) in [4.78, 5) is 19.2. The average molecular weight is 448 g/mol. The summed E-state index contributed by atoms with van der Waals surface area (Å²) in [6.45, 7) is 5.13. The van der Waals surface area contributed by atoms with Gasteiger partial charge in [-0.3, -0.25) is 4.79 Å². The molecular formula is C20H21N3O3S3. The quantitative estimate of drug-likeness (QED) is 0.612. The number of carbonyl (C=O) groups excluding carboxylic acids is 1. The van der Waals surface area contributed by atoms with Crippen molar-refractivity contribution in [2.24, 2.45) is 0 Å². The Morgan fingerprint density at radius 2 is 1.79 bits per heavy atom. The number of thiophene rings is 1. The highest BCUT2D eigenvalue weighted by Crippen LogP contribution is 2.27. The van der Waals surface area contributed by atoms with E-state index in [4.69, 9.17) is 0 Å². The van der Waals surface area contributed by atoms with Crippen molar-refractivity contribution in [2.75, 3.05) is 26.2 Å². The zero-order valence-electron chi connectivity index (χ0n) is 16.2. The minimum atomic E-state index is -3.56. The van der Waals surface area contributed by atoms with Crippen molar-refractivity contribution < 1.29 is 13.2 Å². The minimum Gasteiger partial charge on any atom is -0.335 e. The number of amides is 1. The highest BCUT2D eigenvalue weighted by atomic mass is 32.2. The summed E-state index contributed by atoms with van der Waals surface area (Å²) in [7, 11) is -3.56. The fraction of sp³-hybridized carbons (Fsp3) is 0.300. The predicted octanol–water partition coefficient (Wildman–Crippen LogP) is 3.64. The number of hydrogen-bond donors (Lipinski definition) is 0. The van der Waals surface area contributed by atoms with Crippen molar-refractivity contribution in [2.45, 2.75) is 18.7 Å². The highest BCUT2D eigenvalue weighted by Gasteiger charge is 2.31. The SMILES string of the molecule is Cc1ccc(S(=O)(=O)N2CCN(C(=O)c3csc(-c4ccsc4)n3)CC2)cc1C. The molecule has 0 atom stereocenters. The Balaban J connectivity index is 1.43. The van der Waals surface area contributed by atoms with Crippen LogP contribution in [0.3, 0.4) is 0 Å². The monoisotopic (exact) mass is 447 g/mol. The van der Waals surface area contributed by atoms with Crippen LogP contribution in [0.4, 0.5) is 0 Å². The Hall–Kier alpha value is -2.07. The van der Waals surface area contributed by atoms with Crippen LogP contribution in [0.1, 0.15) is 21.6 Å². The van der Waals surface area contributed by atoms with Crippen LogP contribution in [-0.4, -0.2) is 54.7 Å². The van der Waals surface area contributed by atoms with E-state index >= 15 is 0 Å². The van der Waals surface area contributed by atoms with Gasteiger partial charge in [-0.15, -0.1) is 11.3 Å². The summed E-state index contributed by atoms with van der Waals surface area (Å²) in [5, 5.41) is 6.58. The zero-order chi connectivity index (χ0) is 20.6. The lowest BCUT2D eigenvalue weighted by atomic mass is 10.1. The molecule has 1 aromatic carbocycles. The molecule has 0 saturated carbocycles. The molecule has 6 nitrogen and oxygen atoms in total. The normalized spacial score (nSPS) is 15.6. The molecule has 0 N–H and O–H groups in total. The van der Waals surface area contributed by atoms with Crippen molar-refractivity contribution >= 4 is 38.6 Å². The number of benzene rings is 1. The first-order valence-corrected chi connectivity index (χ1v) is 12.5. The van der Waals surface area contributed by atoms with E-state index in [0.717, 1.165) is 21.7 Å². The van der Waals surface area contributed by atoms with Crippen molar-refractivity contribution in [1.82, 2.24) is 14.2 Å². The summed E-state index contributed by atoms with van der Waals surface area (Å²) in [6, 6.07) is 7.17. The first-order chi connectivity index (χ1) is 13.9. The van der Waals surface area contributed by atoms with E-state index in [0.29, 0.717) is 23.7 Å². The van der Waals surface area contributed by atoms with Gasteiger partial charge in [-0.2, -0.15) is 15.6 Å². The lowest BCUT2D eigenvalue weighted by Crippen LogP contribution is -2.50. The number of aryl methyl sites for hydroxylation is 2. The number of rotatable bonds is 4. The second kappa shape index (κ2) is 7.98. The van der Waals surface area contributed by atoms with E-state index in [9.17, 15) is 13.2 Å². The van der Waals surface area contributed by atoms with E-state index in [1.807, 2.05) is 36.7 Å². The van der Waals surface area contributed by atoms with Crippen LogP contribution >= 0.6 is 22.7 Å². The largest absolute Gasteiger partial charge is 0.335 e. The molecule has 1 aliphatic heterocycles. The van der Waals surface area contributed by atoms with E-state index in [1.165, 1.54) is 15.6 Å². The smallest absolute Gasteiger partial charge is 0.273 e. The number of nitrogens with zero attached hydrogens (tertiary/aromatic N) is 3. The van der Waals surface area contributed by atoms with Crippen LogP contribution in [0, 0.1) is 13.8 Å². The third kappa shape index (κ3) is 4.00. The summed E-state index contributed by atoms with van der Waals surface area (Å²) < 4.78 is 27.3. The third-order valence-corrected chi connectivity index (χ3v) is 8.60. The minimum absolute atomic E-state index is 0.147. The molecule has 0 unspecified atom stereocenters. The number of sulfonamides is 1. The van der Waals surface area contributed by atoms with Crippen LogP contribution in [0.2, 0.25) is 0 Å². The highest BCUT2D eigenvalue weighted by molar-refractivity contribution is 7.89. The van der Waals surface area contributed by atoms with Crippen LogP contribution in [-0.2, 0) is 10.0 Å². The van der Waals surface area contributed by atoms with Gasteiger partial charge in [0.1, 0.15) is 10.7 Å². The van der Waals surface area contributed by atoms with Crippen LogP contribution in [0.25, 0.3) is 10.6 Å². The first-order valence-electron chi connectivity index (χ1n) is 9.21. The maximum Gasteiger partial charge on any atom is 0.273 e. The second-order valence-electron chi connectivity index (χ2n) is 6.99. The van der Waals surface area contributed by atoms with E-state index in [2.05, 4.69) is 4.98 Å². The van der Waals surface area contributed by atoms with Gasteiger partial charge in [0.2, 0.25) is 10.0 Å². The van der Waals surface area contributed by atoms with Gasteiger partial charge >= 0.3 is 0 Å². The molecule has 3 aromatic rings. The van der Waals surface area contributed by atoms with Gasteiger partial charge < -0.3 is 4.90 Å². The Kier molecular flexibility index (Phi) is 5.56. The standard InChI is InChI=1S/C20H21N3O3S3/c1-14-3-4-17(11-15(14)2)29(25,26)23-8-6-22(7-9-23)20(24)18-13-28-19(21-18)16-5-10-27-12-16/h3-5,10-13H,6-9H2,1-2H3. The summed E-state index contributed by atoms with van der Waals surface area (Å²) in [5.74, 6) is -0.147. The van der Waals surface area contributed by atoms with E-state index < -0.39 is 10.0 Å². The fourth-order valence-corrected chi connectivity index (χ4v) is 6.22. The van der Waals surface area contributed by atoms with Gasteiger partial charge in [0.25, 0.3) is 5.91 Å². The van der Waals surface area contributed by atoms with Gasteiger partial charge in [0.05, 0.1) is 4.90 Å². The maximum atomic E-state index is 12.9. The topological polar surface area (TPSA) is 70.6 Å². The molecule has 1 fully saturated rings. The molecule has 1 aliphatic rings. The number of piperazine rings is 1. The second-order valence-corrected chi connectivity index (χ2v) is 10.6. The predicted molar refractivity (Wildman–Crippen MR) is 116 cm³/mol. The Labute approximate surface area is 178 Å². The van der Waals surface area contributed by atoms with Crippen molar-refractivity contribution in [1.29, 1.82) is 0 Å². The molecule has 29 heavy (non-hydrogen) atoms. The van der Waals surface area contributed by atoms with Crippen molar-refractivity contribution in [3.63, 3.8) is 0 Å². The molecule has 1 saturated heterocycles. The number of thiazole rings is 1. The number of aromatic nitrogens is 1. The Morgan fingerprint density at radius 3 is 2.45 bits per heavy atom. The molecule has 0 bridgehead atoms.